The van der Waals surface area contributed by atoms with Gasteiger partial charge in [-0.2, -0.15) is 0 Å². The van der Waals surface area contributed by atoms with Gasteiger partial charge >= 0.3 is 0 Å². The van der Waals surface area contributed by atoms with Gasteiger partial charge in [-0.05, 0) is 37.0 Å². The Morgan fingerprint density at radius 1 is 1.35 bits per heavy atom. The van der Waals surface area contributed by atoms with E-state index >= 15 is 0 Å². The largest absolute Gasteiger partial charge is 0.384 e. The van der Waals surface area contributed by atoms with E-state index in [1.165, 1.54) is 0 Å². The first-order valence-corrected chi connectivity index (χ1v) is 10.9. The van der Waals surface area contributed by atoms with E-state index in [2.05, 4.69) is 0 Å². The quantitative estimate of drug-likeness (QED) is 0.398. The van der Waals surface area contributed by atoms with Gasteiger partial charge in [0.1, 0.15) is 5.92 Å². The molecule has 1 heterocycles. The summed E-state index contributed by atoms with van der Waals surface area (Å²) in [5, 5.41) is 0.407. The van der Waals surface area contributed by atoms with Gasteiger partial charge in [0, 0.05) is 36.2 Å². The van der Waals surface area contributed by atoms with Crippen LogP contribution in [0.1, 0.15) is 40.7 Å². The highest BCUT2D eigenvalue weighted by Gasteiger charge is 2.38. The van der Waals surface area contributed by atoms with Crippen LogP contribution in [0, 0.1) is 12.8 Å². The lowest BCUT2D eigenvalue weighted by Crippen LogP contribution is -2.35. The Bertz CT molecular complexity index is 746. The number of aryl methyl sites for hydroxylation is 1. The number of methoxy groups -OCH3 is 1. The minimum absolute atomic E-state index is 0.275. The lowest BCUT2D eigenvalue weighted by atomic mass is 9.81. The van der Waals surface area contributed by atoms with Crippen LogP contribution in [0.2, 0.25) is 5.02 Å². The molecule has 1 unspecified atom stereocenters. The Hall–Kier alpha value is -0.820. The predicted molar refractivity (Wildman–Crippen MR) is 106 cm³/mol. The number of fused-ring (bicyclic) bond motifs is 1. The van der Waals surface area contributed by atoms with Crippen molar-refractivity contribution in [3.8, 4) is 0 Å². The zero-order valence-electron chi connectivity index (χ0n) is 14.8. The lowest BCUT2D eigenvalue weighted by molar-refractivity contribution is -0.133. The smallest absolute Gasteiger partial charge is 0.182 e. The number of ether oxygens (including phenoxy) is 1. The molecule has 0 radical (unpaired) electrons. The van der Waals surface area contributed by atoms with Crippen molar-refractivity contribution in [1.82, 2.24) is 0 Å². The highest BCUT2D eigenvalue weighted by Crippen LogP contribution is 2.48. The van der Waals surface area contributed by atoms with Crippen molar-refractivity contribution in [2.75, 3.05) is 19.5 Å². The molecule has 0 bridgehead atoms. The Balaban J connectivity index is 1.86. The first-order chi connectivity index (χ1) is 12.4. The third-order valence-corrected chi connectivity index (χ3v) is 8.03. The number of rotatable bonds is 6. The molecule has 26 heavy (non-hydrogen) atoms. The summed E-state index contributed by atoms with van der Waals surface area (Å²) in [5.41, 5.74) is 2.26. The second-order valence-corrected chi connectivity index (χ2v) is 9.76. The molecule has 1 aliphatic carbocycles. The van der Waals surface area contributed by atoms with Crippen LogP contribution in [-0.4, -0.2) is 41.4 Å². The van der Waals surface area contributed by atoms with Crippen LogP contribution in [0.15, 0.2) is 11.0 Å². The first-order valence-electron chi connectivity index (χ1n) is 8.62. The van der Waals surface area contributed by atoms with E-state index in [9.17, 15) is 14.4 Å². The van der Waals surface area contributed by atoms with Gasteiger partial charge in [-0.25, -0.2) is 0 Å². The van der Waals surface area contributed by atoms with Gasteiger partial charge in [-0.15, -0.1) is 23.5 Å². The minimum Gasteiger partial charge on any atom is -0.384 e. The number of hydrogen-bond donors (Lipinski definition) is 0. The summed E-state index contributed by atoms with van der Waals surface area (Å²) in [4.78, 5) is 38.3. The fourth-order valence-electron chi connectivity index (χ4n) is 3.42. The molecule has 1 saturated carbocycles. The van der Waals surface area contributed by atoms with E-state index in [4.69, 9.17) is 16.3 Å². The molecule has 1 aromatic carbocycles. The second kappa shape index (κ2) is 8.46. The molecule has 0 aromatic heterocycles. The van der Waals surface area contributed by atoms with Crippen molar-refractivity contribution >= 4 is 52.5 Å². The van der Waals surface area contributed by atoms with E-state index in [0.717, 1.165) is 28.2 Å². The molecule has 0 spiro atoms. The van der Waals surface area contributed by atoms with Crippen LogP contribution < -0.4 is 0 Å². The molecule has 1 atom stereocenters. The van der Waals surface area contributed by atoms with Gasteiger partial charge in [-0.3, -0.25) is 14.4 Å². The minimum atomic E-state index is -1.17. The fourth-order valence-corrected chi connectivity index (χ4v) is 6.54. The third-order valence-electron chi connectivity index (χ3n) is 4.72. The first kappa shape index (κ1) is 19.9. The standard InChI is InChI=1S/C19H21ClO4S2/c1-10-8-11(18(23)16-13(21)4-3-5-14(16)22)17(20)12-9-15(26-19(10)12)25-7-6-24-2/h8,15-16H,3-7,9H2,1-2H3. The van der Waals surface area contributed by atoms with Crippen molar-refractivity contribution in [1.29, 1.82) is 0 Å². The van der Waals surface area contributed by atoms with Crippen LogP contribution in [0.3, 0.4) is 0 Å². The van der Waals surface area contributed by atoms with Gasteiger partial charge in [0.25, 0.3) is 0 Å². The van der Waals surface area contributed by atoms with Crippen LogP contribution in [-0.2, 0) is 20.7 Å². The maximum absolute atomic E-state index is 12.9. The summed E-state index contributed by atoms with van der Waals surface area (Å²) in [6.45, 7) is 2.64. The molecule has 140 valence electrons. The SMILES string of the molecule is COCCSC1Cc2c(Cl)c(C(=O)C3C(=O)CCCC3=O)cc(C)c2S1. The Morgan fingerprint density at radius 2 is 2.04 bits per heavy atom. The average Bonchev–Trinajstić information content (AvgIpc) is 3.03. The van der Waals surface area contributed by atoms with Crippen molar-refractivity contribution < 1.29 is 19.1 Å². The van der Waals surface area contributed by atoms with E-state index in [1.807, 2.05) is 18.7 Å². The molecular weight excluding hydrogens is 392 g/mol. The van der Waals surface area contributed by atoms with Crippen LogP contribution >= 0.6 is 35.1 Å². The third kappa shape index (κ3) is 3.88. The highest BCUT2D eigenvalue weighted by molar-refractivity contribution is 8.17. The molecule has 7 heteroatoms. The van der Waals surface area contributed by atoms with Crippen molar-refractivity contribution in [3.05, 3.63) is 27.8 Å². The molecule has 0 saturated heterocycles. The van der Waals surface area contributed by atoms with Gasteiger partial charge in [-0.1, -0.05) is 11.6 Å². The zero-order chi connectivity index (χ0) is 18.8. The number of hydrogen-bond acceptors (Lipinski definition) is 6. The van der Waals surface area contributed by atoms with Crippen molar-refractivity contribution in [2.24, 2.45) is 5.92 Å². The van der Waals surface area contributed by atoms with Crippen molar-refractivity contribution in [2.45, 2.75) is 42.1 Å². The topological polar surface area (TPSA) is 60.4 Å². The normalized spacial score (nSPS) is 20.5. The predicted octanol–water partition coefficient (Wildman–Crippen LogP) is 4.12. The molecule has 0 N–H and O–H groups in total. The molecule has 1 aromatic rings. The average molecular weight is 413 g/mol. The Kier molecular flexibility index (Phi) is 6.49. The van der Waals surface area contributed by atoms with E-state index in [1.54, 1.807) is 24.9 Å². The lowest BCUT2D eigenvalue weighted by Gasteiger charge is -2.20. The van der Waals surface area contributed by atoms with E-state index in [-0.39, 0.29) is 24.4 Å². The maximum atomic E-state index is 12.9. The summed E-state index contributed by atoms with van der Waals surface area (Å²) < 4.78 is 5.43. The highest BCUT2D eigenvalue weighted by atomic mass is 35.5. The zero-order valence-corrected chi connectivity index (χ0v) is 17.2. The second-order valence-electron chi connectivity index (χ2n) is 6.56. The van der Waals surface area contributed by atoms with E-state index in [0.29, 0.717) is 28.2 Å². The van der Waals surface area contributed by atoms with Gasteiger partial charge in [0.2, 0.25) is 0 Å². The molecule has 4 nitrogen and oxygen atoms in total. The summed E-state index contributed by atoms with van der Waals surface area (Å²) in [6, 6.07) is 1.74. The van der Waals surface area contributed by atoms with Crippen molar-refractivity contribution in [3.63, 3.8) is 0 Å². The number of thioether (sulfide) groups is 2. The van der Waals surface area contributed by atoms with Crippen LogP contribution in [0.4, 0.5) is 0 Å². The molecule has 1 aliphatic heterocycles. The number of benzene rings is 1. The monoisotopic (exact) mass is 412 g/mol. The van der Waals surface area contributed by atoms with Gasteiger partial charge in [0.05, 0.1) is 16.2 Å². The number of carbonyl (C=O) groups is 3. The summed E-state index contributed by atoms with van der Waals surface area (Å²) >= 11 is 10.1. The van der Waals surface area contributed by atoms with Crippen LogP contribution in [0.25, 0.3) is 0 Å². The molecule has 0 amide bonds. The Morgan fingerprint density at radius 3 is 2.69 bits per heavy atom. The summed E-state index contributed by atoms with van der Waals surface area (Å²) in [7, 11) is 1.68. The number of carbonyl (C=O) groups excluding carboxylic acids is 3. The Labute approximate surface area is 166 Å². The van der Waals surface area contributed by atoms with Gasteiger partial charge in [0.15, 0.2) is 17.3 Å². The molecule has 2 aliphatic rings. The number of ketones is 3. The molecular formula is C19H21ClO4S2. The fraction of sp³-hybridized carbons (Fsp3) is 0.526. The maximum Gasteiger partial charge on any atom is 0.182 e. The van der Waals surface area contributed by atoms with E-state index < -0.39 is 11.7 Å². The summed E-state index contributed by atoms with van der Waals surface area (Å²) in [5.74, 6) is -1.25. The molecule has 1 fully saturated rings. The number of Topliss-reactive ketones (excluding diaryl/α,β-unsaturated/α-hetero) is 3. The molecule has 3 rings (SSSR count). The van der Waals surface area contributed by atoms with Crippen LogP contribution in [0.5, 0.6) is 0 Å². The number of halogens is 1. The van der Waals surface area contributed by atoms with Gasteiger partial charge < -0.3 is 4.74 Å². The summed E-state index contributed by atoms with van der Waals surface area (Å²) in [6.07, 6.45) is 1.88.